The van der Waals surface area contributed by atoms with Crippen LogP contribution in [-0.2, 0) is 44.5 Å². The predicted molar refractivity (Wildman–Crippen MR) is 86.6 cm³/mol. The Labute approximate surface area is 165 Å². The fraction of sp³-hybridized carbons (Fsp3) is 0.125. The first kappa shape index (κ1) is 27.5. The van der Waals surface area contributed by atoms with E-state index in [2.05, 4.69) is 0 Å². The van der Waals surface area contributed by atoms with Gasteiger partial charge in [0.1, 0.15) is 0 Å². The Balaban J connectivity index is -0.000000254. The Morgan fingerprint density at radius 1 is 0.864 bits per heavy atom. The summed E-state index contributed by atoms with van der Waals surface area (Å²) in [5, 5.41) is 16.7. The Kier molecular flexibility index (Phi) is 22.4. The second-order valence-corrected chi connectivity index (χ2v) is 17.0. The number of hydrogen-bond donors (Lipinski definition) is 0. The van der Waals surface area contributed by atoms with E-state index < -0.39 is 12.1 Å². The van der Waals surface area contributed by atoms with Gasteiger partial charge in [-0.25, -0.2) is 0 Å². The number of nitrogens with zero attached hydrogens (tertiary/aromatic N) is 2. The third-order valence-corrected chi connectivity index (χ3v) is 6.49. The standard InChI is InChI=1S/C6H7GeN2S.2C5H5.2Co/c1-7(2,10)6(5-9)3-4-8;2*1-2-4-5-3-1;;/h3H,1-2H3;2*1-5H;;/q-3;;;+2;+3. The van der Waals surface area contributed by atoms with E-state index in [0.29, 0.717) is 4.75 Å². The van der Waals surface area contributed by atoms with Crippen molar-refractivity contribution in [3.05, 3.63) is 75.4 Å². The van der Waals surface area contributed by atoms with Crippen molar-refractivity contribution < 1.29 is 33.6 Å². The molecule has 0 aromatic carbocycles. The van der Waals surface area contributed by atoms with Crippen LogP contribution in [-0.4, -0.2) is 12.1 Å². The van der Waals surface area contributed by atoms with E-state index in [1.54, 1.807) is 0 Å². The van der Waals surface area contributed by atoms with Crippen molar-refractivity contribution in [3.63, 3.8) is 0 Å². The molecule has 0 amide bonds. The second-order valence-electron chi connectivity index (χ2n) is 4.23. The van der Waals surface area contributed by atoms with Crippen LogP contribution < -0.4 is 0 Å². The fourth-order valence-corrected chi connectivity index (χ4v) is 3.02. The Hall–Kier alpha value is 0.626. The minimum absolute atomic E-state index is 0. The van der Waals surface area contributed by atoms with Crippen molar-refractivity contribution >= 4 is 23.1 Å². The molecule has 2 aliphatic rings. The van der Waals surface area contributed by atoms with Crippen molar-refractivity contribution in [1.82, 2.24) is 0 Å². The quantitative estimate of drug-likeness (QED) is 0.362. The van der Waals surface area contributed by atoms with Gasteiger partial charge in [0.05, 0.1) is 0 Å². The minimum Gasteiger partial charge on any atom is -0.0312 e. The maximum atomic E-state index is 8.50. The Bertz CT molecular complexity index is 288. The second kappa shape index (κ2) is 18.0. The average molecular weight is 460 g/mol. The van der Waals surface area contributed by atoms with Gasteiger partial charge in [0.2, 0.25) is 0 Å². The summed E-state index contributed by atoms with van der Waals surface area (Å²) in [5.41, 5.74) is 0. The van der Waals surface area contributed by atoms with Crippen molar-refractivity contribution in [3.8, 4) is 12.1 Å². The van der Waals surface area contributed by atoms with Gasteiger partial charge in [0.15, 0.2) is 0 Å². The summed E-state index contributed by atoms with van der Waals surface area (Å²) < 4.78 is 0.525. The summed E-state index contributed by atoms with van der Waals surface area (Å²) in [6.07, 6.45) is 21.3. The maximum Gasteiger partial charge on any atom is 3.00 e. The van der Waals surface area contributed by atoms with Crippen LogP contribution in [0.3, 0.4) is 0 Å². The van der Waals surface area contributed by atoms with Crippen LogP contribution in [0.25, 0.3) is 0 Å². The minimum atomic E-state index is -2.41. The monoisotopic (exact) mass is 461 g/mol. The van der Waals surface area contributed by atoms with Gasteiger partial charge in [-0.2, -0.15) is 0 Å². The molecule has 0 aliphatic heterocycles. The van der Waals surface area contributed by atoms with Crippen LogP contribution in [0.15, 0.2) is 0 Å². The van der Waals surface area contributed by atoms with Crippen molar-refractivity contribution in [2.75, 3.05) is 0 Å². The summed E-state index contributed by atoms with van der Waals surface area (Å²) in [6.45, 7) is 0. The SMILES string of the molecule is [CH3][Ge]([CH3])([S-])[C-](C#N)[CH-]C#N.[CH]1[CH][CH][CH][CH]1.[CH]1[CH][CH][CH][CH]1.[Co+2].[Co+3]. The predicted octanol–water partition coefficient (Wildman–Crippen LogP) is 3.14. The van der Waals surface area contributed by atoms with Crippen LogP contribution in [0.4, 0.5) is 0 Å². The first-order valence-electron chi connectivity index (χ1n) is 6.06. The molecule has 0 aromatic heterocycles. The molecule has 2 nitrogen and oxygen atoms in total. The van der Waals surface area contributed by atoms with Crippen LogP contribution in [0.2, 0.25) is 11.5 Å². The number of rotatable bonds is 2. The molecule has 2 rings (SSSR count). The molecule has 2 aliphatic carbocycles. The number of hydrogen-bond acceptors (Lipinski definition) is 3. The van der Waals surface area contributed by atoms with E-state index in [9.17, 15) is 0 Å². The summed E-state index contributed by atoms with van der Waals surface area (Å²) in [4.78, 5) is 0. The normalized spacial score (nSPS) is 15.1. The smallest absolute Gasteiger partial charge is 0.0312 e. The van der Waals surface area contributed by atoms with E-state index in [1.807, 2.05) is 87.9 Å². The summed E-state index contributed by atoms with van der Waals surface area (Å²) in [7, 11) is 5.12. The molecule has 0 spiro atoms. The van der Waals surface area contributed by atoms with Crippen molar-refractivity contribution in [2.24, 2.45) is 0 Å². The largest absolute Gasteiger partial charge is 3.00 e. The van der Waals surface area contributed by atoms with Gasteiger partial charge in [0.25, 0.3) is 0 Å². The average Bonchev–Trinajstić information content (AvgIpc) is 3.10. The fourth-order valence-electron chi connectivity index (χ4n) is 1.05. The zero-order chi connectivity index (χ0) is 15.3. The summed E-state index contributed by atoms with van der Waals surface area (Å²) in [6, 6.07) is 3.78. The Morgan fingerprint density at radius 2 is 1.14 bits per heavy atom. The summed E-state index contributed by atoms with van der Waals surface area (Å²) in [5.74, 6) is 3.81. The molecule has 11 radical (unpaired) electrons. The van der Waals surface area contributed by atoms with E-state index >= 15 is 0 Å². The van der Waals surface area contributed by atoms with Crippen LogP contribution in [0.1, 0.15) is 0 Å². The van der Waals surface area contributed by atoms with Gasteiger partial charge in [-0.3, -0.25) is 0 Å². The molecular formula is C16H17Co2GeN2S+2. The zero-order valence-electron chi connectivity index (χ0n) is 12.3. The molecule has 6 heteroatoms. The van der Waals surface area contributed by atoms with Gasteiger partial charge >= 0.3 is 102 Å². The molecule has 22 heavy (non-hydrogen) atoms. The van der Waals surface area contributed by atoms with Gasteiger partial charge in [-0.1, -0.05) is 0 Å². The molecule has 0 unspecified atom stereocenters. The molecule has 0 bridgehead atoms. The molecule has 117 valence electrons. The molecule has 0 heterocycles. The third-order valence-electron chi connectivity index (χ3n) is 2.09. The zero-order valence-corrected chi connectivity index (χ0v) is 17.3. The molecule has 2 saturated carbocycles. The van der Waals surface area contributed by atoms with Crippen LogP contribution in [0, 0.1) is 98.0 Å². The molecule has 0 atom stereocenters. The van der Waals surface area contributed by atoms with E-state index in [-0.39, 0.29) is 33.6 Å². The topological polar surface area (TPSA) is 47.6 Å². The first-order valence-corrected chi connectivity index (χ1v) is 14.3. The number of nitriles is 2. The summed E-state index contributed by atoms with van der Waals surface area (Å²) >= 11 is -2.41. The van der Waals surface area contributed by atoms with Gasteiger partial charge in [-0.05, 0) is 64.2 Å². The molecule has 0 saturated heterocycles. The van der Waals surface area contributed by atoms with E-state index in [1.165, 1.54) is 6.42 Å². The van der Waals surface area contributed by atoms with Gasteiger partial charge in [-0.15, -0.1) is 0 Å². The van der Waals surface area contributed by atoms with E-state index in [0.717, 1.165) is 0 Å². The molecule has 0 aromatic rings. The first-order chi connectivity index (χ1) is 9.52. The van der Waals surface area contributed by atoms with Crippen LogP contribution >= 0.6 is 0 Å². The molecular weight excluding hydrogens is 443 g/mol. The maximum absolute atomic E-state index is 8.50. The van der Waals surface area contributed by atoms with Crippen molar-refractivity contribution in [1.29, 1.82) is 10.5 Å². The molecule has 2 fully saturated rings. The van der Waals surface area contributed by atoms with Gasteiger partial charge < -0.3 is 0 Å². The Morgan fingerprint density at radius 3 is 1.23 bits per heavy atom. The van der Waals surface area contributed by atoms with Crippen LogP contribution in [0.5, 0.6) is 0 Å². The molecule has 0 N–H and O–H groups in total. The van der Waals surface area contributed by atoms with Gasteiger partial charge in [0, 0.05) is 0 Å². The third kappa shape index (κ3) is 17.0. The van der Waals surface area contributed by atoms with E-state index in [4.69, 9.17) is 21.5 Å². The van der Waals surface area contributed by atoms with Crippen molar-refractivity contribution in [2.45, 2.75) is 11.5 Å².